The molecular formula is C13H21FN2O2. The summed E-state index contributed by atoms with van der Waals surface area (Å²) in [5.74, 6) is 0.0473. The Hall–Kier alpha value is -1.17. The first kappa shape index (κ1) is 14.9. The highest BCUT2D eigenvalue weighted by atomic mass is 19.1. The van der Waals surface area contributed by atoms with Gasteiger partial charge in [0.1, 0.15) is 11.6 Å². The van der Waals surface area contributed by atoms with Crippen LogP contribution >= 0.6 is 0 Å². The molecule has 18 heavy (non-hydrogen) atoms. The molecule has 0 heterocycles. The van der Waals surface area contributed by atoms with Gasteiger partial charge in [0.25, 0.3) is 0 Å². The largest absolute Gasteiger partial charge is 0.493 e. The number of aliphatic hydroxyl groups excluding tert-OH is 1. The van der Waals surface area contributed by atoms with Crippen LogP contribution in [0.3, 0.4) is 0 Å². The van der Waals surface area contributed by atoms with Gasteiger partial charge in [-0.1, -0.05) is 6.92 Å². The summed E-state index contributed by atoms with van der Waals surface area (Å²) in [7, 11) is 0. The molecule has 5 N–H and O–H groups in total. The lowest BCUT2D eigenvalue weighted by Crippen LogP contribution is -2.31. The normalized spacial score (nSPS) is 14.3. The topological polar surface area (TPSA) is 81.5 Å². The third-order valence-electron chi connectivity index (χ3n) is 2.66. The summed E-state index contributed by atoms with van der Waals surface area (Å²) in [5, 5.41) is 10.1. The fourth-order valence-corrected chi connectivity index (χ4v) is 1.67. The molecule has 0 amide bonds. The van der Waals surface area contributed by atoms with Gasteiger partial charge in [0.2, 0.25) is 0 Å². The van der Waals surface area contributed by atoms with E-state index in [2.05, 4.69) is 0 Å². The molecular weight excluding hydrogens is 235 g/mol. The first-order chi connectivity index (χ1) is 8.60. The summed E-state index contributed by atoms with van der Waals surface area (Å²) in [6.45, 7) is 2.86. The lowest BCUT2D eigenvalue weighted by molar-refractivity contribution is 0.137. The van der Waals surface area contributed by atoms with Crippen LogP contribution in [0, 0.1) is 5.82 Å². The predicted octanol–water partition coefficient (Wildman–Crippen LogP) is 1.32. The molecule has 1 rings (SSSR count). The monoisotopic (exact) mass is 256 g/mol. The molecule has 1 aromatic rings. The maximum atomic E-state index is 13.2. The fraction of sp³-hybridized carbons (Fsp3) is 0.538. The lowest BCUT2D eigenvalue weighted by Gasteiger charge is -2.21. The number of nitrogens with two attached hydrogens (primary N) is 2. The van der Waals surface area contributed by atoms with Gasteiger partial charge in [-0.2, -0.15) is 0 Å². The number of rotatable bonds is 7. The molecule has 1 aromatic carbocycles. The van der Waals surface area contributed by atoms with Gasteiger partial charge in [0.05, 0.1) is 12.7 Å². The van der Waals surface area contributed by atoms with Crippen molar-refractivity contribution >= 4 is 0 Å². The average molecular weight is 256 g/mol. The van der Waals surface area contributed by atoms with Gasteiger partial charge >= 0.3 is 0 Å². The van der Waals surface area contributed by atoms with Crippen LogP contribution in [0.2, 0.25) is 0 Å². The highest BCUT2D eigenvalue weighted by molar-refractivity contribution is 5.36. The van der Waals surface area contributed by atoms with E-state index < -0.39 is 18.0 Å². The third kappa shape index (κ3) is 3.94. The van der Waals surface area contributed by atoms with Crippen molar-refractivity contribution in [3.05, 3.63) is 29.6 Å². The van der Waals surface area contributed by atoms with Crippen LogP contribution in [-0.2, 0) is 0 Å². The van der Waals surface area contributed by atoms with Gasteiger partial charge in [0.15, 0.2) is 0 Å². The molecule has 0 aliphatic carbocycles. The Morgan fingerprint density at radius 2 is 2.17 bits per heavy atom. The minimum atomic E-state index is -0.976. The van der Waals surface area contributed by atoms with Crippen LogP contribution < -0.4 is 16.2 Å². The van der Waals surface area contributed by atoms with Crippen LogP contribution in [-0.4, -0.2) is 24.3 Å². The summed E-state index contributed by atoms with van der Waals surface area (Å²) in [6, 6.07) is 3.54. The zero-order chi connectivity index (χ0) is 13.5. The minimum absolute atomic E-state index is 0.374. The maximum Gasteiger partial charge on any atom is 0.125 e. The van der Waals surface area contributed by atoms with Crippen molar-refractivity contribution in [2.75, 3.05) is 13.2 Å². The molecule has 0 saturated carbocycles. The van der Waals surface area contributed by atoms with E-state index in [1.54, 1.807) is 0 Å². The van der Waals surface area contributed by atoms with Crippen LogP contribution in [0.25, 0.3) is 0 Å². The molecule has 2 unspecified atom stereocenters. The first-order valence-corrected chi connectivity index (χ1v) is 6.16. The van der Waals surface area contributed by atoms with E-state index in [4.69, 9.17) is 16.2 Å². The Bertz CT molecular complexity index is 374. The number of ether oxygens (including phenoxy) is 1. The molecule has 0 aliphatic heterocycles. The van der Waals surface area contributed by atoms with Gasteiger partial charge in [0, 0.05) is 11.6 Å². The number of hydrogen-bond donors (Lipinski definition) is 3. The van der Waals surface area contributed by atoms with Gasteiger partial charge < -0.3 is 21.3 Å². The van der Waals surface area contributed by atoms with E-state index in [-0.39, 0.29) is 0 Å². The van der Waals surface area contributed by atoms with Crippen LogP contribution in [0.4, 0.5) is 4.39 Å². The average Bonchev–Trinajstić information content (AvgIpc) is 2.36. The summed E-state index contributed by atoms with van der Waals surface area (Å²) in [4.78, 5) is 0. The third-order valence-corrected chi connectivity index (χ3v) is 2.66. The molecule has 4 nitrogen and oxygen atoms in total. The van der Waals surface area contributed by atoms with Gasteiger partial charge in [-0.25, -0.2) is 4.39 Å². The molecule has 0 fully saturated rings. The standard InChI is InChI=1S/C13H21FN2O2/c1-2-7-18-12-4-3-9(14)8-10(12)13(17)11(16)5-6-15/h3-4,8,11,13,17H,2,5-7,15-16H2,1H3. The lowest BCUT2D eigenvalue weighted by atomic mass is 9.99. The summed E-state index contributed by atoms with van der Waals surface area (Å²) >= 11 is 0. The Kier molecular flexibility index (Phi) is 6.04. The van der Waals surface area contributed by atoms with Crippen molar-refractivity contribution in [1.82, 2.24) is 0 Å². The van der Waals surface area contributed by atoms with E-state index in [1.807, 2.05) is 6.92 Å². The molecule has 2 atom stereocenters. The molecule has 0 radical (unpaired) electrons. The molecule has 5 heteroatoms. The SMILES string of the molecule is CCCOc1ccc(F)cc1C(O)C(N)CCN. The number of benzene rings is 1. The van der Waals surface area contributed by atoms with Crippen molar-refractivity contribution in [3.63, 3.8) is 0 Å². The summed E-state index contributed by atoms with van der Waals surface area (Å²) < 4.78 is 18.7. The maximum absolute atomic E-state index is 13.2. The highest BCUT2D eigenvalue weighted by Crippen LogP contribution is 2.28. The highest BCUT2D eigenvalue weighted by Gasteiger charge is 2.20. The van der Waals surface area contributed by atoms with Crippen LogP contribution in [0.1, 0.15) is 31.4 Å². The van der Waals surface area contributed by atoms with E-state index in [9.17, 15) is 9.50 Å². The quantitative estimate of drug-likeness (QED) is 0.687. The van der Waals surface area contributed by atoms with E-state index >= 15 is 0 Å². The molecule has 0 aromatic heterocycles. The second-order valence-electron chi connectivity index (χ2n) is 4.22. The molecule has 0 bridgehead atoms. The zero-order valence-electron chi connectivity index (χ0n) is 10.6. The van der Waals surface area contributed by atoms with Crippen LogP contribution in [0.15, 0.2) is 18.2 Å². The second kappa shape index (κ2) is 7.31. The Morgan fingerprint density at radius 3 is 2.78 bits per heavy atom. The van der Waals surface area contributed by atoms with Gasteiger partial charge in [-0.3, -0.25) is 0 Å². The van der Waals surface area contributed by atoms with E-state index in [0.717, 1.165) is 6.42 Å². The number of aliphatic hydroxyl groups is 1. The predicted molar refractivity (Wildman–Crippen MR) is 68.8 cm³/mol. The summed E-state index contributed by atoms with van der Waals surface area (Å²) in [5.41, 5.74) is 11.6. The number of halogens is 1. The Morgan fingerprint density at radius 1 is 1.44 bits per heavy atom. The zero-order valence-corrected chi connectivity index (χ0v) is 10.6. The Labute approximate surface area is 107 Å². The van der Waals surface area contributed by atoms with Crippen molar-refractivity contribution in [1.29, 1.82) is 0 Å². The molecule has 0 saturated heterocycles. The van der Waals surface area contributed by atoms with Crippen molar-refractivity contribution in [2.24, 2.45) is 11.5 Å². The second-order valence-corrected chi connectivity index (χ2v) is 4.22. The van der Waals surface area contributed by atoms with Crippen molar-refractivity contribution < 1.29 is 14.2 Å². The summed E-state index contributed by atoms with van der Waals surface area (Å²) in [6.07, 6.45) is 0.322. The van der Waals surface area contributed by atoms with E-state index in [0.29, 0.717) is 30.9 Å². The van der Waals surface area contributed by atoms with Gasteiger partial charge in [-0.05, 0) is 37.6 Å². The molecule has 0 aliphatic rings. The first-order valence-electron chi connectivity index (χ1n) is 6.16. The fourth-order valence-electron chi connectivity index (χ4n) is 1.67. The Balaban J connectivity index is 2.92. The van der Waals surface area contributed by atoms with E-state index in [1.165, 1.54) is 18.2 Å². The number of hydrogen-bond acceptors (Lipinski definition) is 4. The minimum Gasteiger partial charge on any atom is -0.493 e. The molecule has 0 spiro atoms. The molecule has 102 valence electrons. The van der Waals surface area contributed by atoms with Gasteiger partial charge in [-0.15, -0.1) is 0 Å². The smallest absolute Gasteiger partial charge is 0.125 e. The van der Waals surface area contributed by atoms with Crippen LogP contribution in [0.5, 0.6) is 5.75 Å². The van der Waals surface area contributed by atoms with Crippen molar-refractivity contribution in [3.8, 4) is 5.75 Å². The van der Waals surface area contributed by atoms with Crippen molar-refractivity contribution in [2.45, 2.75) is 31.9 Å².